The molecule has 1 unspecified atom stereocenters. The minimum absolute atomic E-state index is 0.0378. The van der Waals surface area contributed by atoms with Crippen molar-refractivity contribution < 1.29 is 9.59 Å². The van der Waals surface area contributed by atoms with Gasteiger partial charge in [-0.05, 0) is 56.0 Å². The largest absolute Gasteiger partial charge is 0.352 e. The molecule has 0 spiro atoms. The first-order chi connectivity index (χ1) is 11.7. The van der Waals surface area contributed by atoms with Gasteiger partial charge in [-0.3, -0.25) is 9.59 Å². The summed E-state index contributed by atoms with van der Waals surface area (Å²) in [6, 6.07) is 7.42. The smallest absolute Gasteiger partial charge is 0.251 e. The highest BCUT2D eigenvalue weighted by molar-refractivity contribution is 5.94. The Morgan fingerprint density at radius 1 is 1.21 bits per heavy atom. The van der Waals surface area contributed by atoms with Crippen LogP contribution in [0.3, 0.4) is 0 Å². The van der Waals surface area contributed by atoms with Crippen LogP contribution in [0.25, 0.3) is 0 Å². The molecular weight excluding hydrogens is 302 g/mol. The second kappa shape index (κ2) is 10.1. The van der Waals surface area contributed by atoms with Gasteiger partial charge in [-0.2, -0.15) is 0 Å². The highest BCUT2D eigenvalue weighted by Gasteiger charge is 2.15. The molecule has 0 bridgehead atoms. The van der Waals surface area contributed by atoms with E-state index in [2.05, 4.69) is 22.9 Å². The average Bonchev–Trinajstić information content (AvgIpc) is 3.12. The van der Waals surface area contributed by atoms with Gasteiger partial charge in [-0.25, -0.2) is 0 Å². The fourth-order valence-corrected chi connectivity index (χ4v) is 2.84. The van der Waals surface area contributed by atoms with Crippen LogP contribution < -0.4 is 16.0 Å². The van der Waals surface area contributed by atoms with Gasteiger partial charge in [0.15, 0.2) is 0 Å². The van der Waals surface area contributed by atoms with Gasteiger partial charge in [-0.15, -0.1) is 0 Å². The Kier molecular flexibility index (Phi) is 7.75. The van der Waals surface area contributed by atoms with Crippen LogP contribution in [0.2, 0.25) is 0 Å². The second-order valence-corrected chi connectivity index (χ2v) is 6.48. The van der Waals surface area contributed by atoms with Gasteiger partial charge in [0.25, 0.3) is 5.91 Å². The van der Waals surface area contributed by atoms with Gasteiger partial charge in [0, 0.05) is 25.1 Å². The molecule has 0 saturated carbocycles. The van der Waals surface area contributed by atoms with Crippen molar-refractivity contribution in [2.24, 2.45) is 5.92 Å². The normalized spacial score (nSPS) is 16.8. The van der Waals surface area contributed by atoms with Crippen LogP contribution in [0, 0.1) is 5.92 Å². The number of amides is 2. The lowest BCUT2D eigenvalue weighted by Gasteiger charge is -2.09. The molecule has 1 atom stereocenters. The van der Waals surface area contributed by atoms with Crippen molar-refractivity contribution in [2.45, 2.75) is 45.6 Å². The number of nitrogens with one attached hydrogen (secondary N) is 3. The predicted molar refractivity (Wildman–Crippen MR) is 95.7 cm³/mol. The molecule has 2 rings (SSSR count). The number of rotatable bonds is 9. The van der Waals surface area contributed by atoms with Crippen LogP contribution in [-0.4, -0.2) is 31.4 Å². The molecular formula is C19H29N3O2. The first kappa shape index (κ1) is 18.5. The molecule has 5 heteroatoms. The minimum Gasteiger partial charge on any atom is -0.352 e. The van der Waals surface area contributed by atoms with E-state index >= 15 is 0 Å². The van der Waals surface area contributed by atoms with E-state index in [1.165, 1.54) is 6.42 Å². The fraction of sp³-hybridized carbons (Fsp3) is 0.579. The molecule has 3 N–H and O–H groups in total. The van der Waals surface area contributed by atoms with E-state index in [0.29, 0.717) is 31.0 Å². The zero-order valence-corrected chi connectivity index (χ0v) is 14.6. The summed E-state index contributed by atoms with van der Waals surface area (Å²) in [7, 11) is 0. The second-order valence-electron chi connectivity index (χ2n) is 6.48. The molecule has 1 fully saturated rings. The number of benzene rings is 1. The van der Waals surface area contributed by atoms with Crippen molar-refractivity contribution in [3.05, 3.63) is 35.4 Å². The number of carbonyl (C=O) groups excluding carboxylic acids is 2. The number of hydrogen-bond donors (Lipinski definition) is 3. The third-order valence-electron chi connectivity index (χ3n) is 4.46. The van der Waals surface area contributed by atoms with Gasteiger partial charge in [0.05, 0.1) is 0 Å². The van der Waals surface area contributed by atoms with Crippen LogP contribution in [0.15, 0.2) is 24.3 Å². The van der Waals surface area contributed by atoms with Crippen LogP contribution in [0.1, 0.15) is 54.9 Å². The Balaban J connectivity index is 1.68. The maximum Gasteiger partial charge on any atom is 0.251 e. The van der Waals surface area contributed by atoms with Crippen molar-refractivity contribution in [1.82, 2.24) is 16.0 Å². The molecule has 1 aliphatic rings. The summed E-state index contributed by atoms with van der Waals surface area (Å²) in [5.74, 6) is 0.703. The molecule has 0 aromatic heterocycles. The van der Waals surface area contributed by atoms with Crippen LogP contribution >= 0.6 is 0 Å². The number of unbranched alkanes of at least 4 members (excludes halogenated alkanes) is 1. The summed E-state index contributed by atoms with van der Waals surface area (Å²) < 4.78 is 0. The third-order valence-corrected chi connectivity index (χ3v) is 4.46. The molecule has 1 heterocycles. The molecule has 2 amide bonds. The maximum atomic E-state index is 11.9. The molecule has 5 nitrogen and oxygen atoms in total. The average molecular weight is 331 g/mol. The molecule has 1 saturated heterocycles. The molecule has 132 valence electrons. The standard InChI is InChI=1S/C19H29N3O2/c1-2-3-11-21-19(24)17-7-4-15(5-8-17)14-22-18(23)9-6-16-10-12-20-13-16/h4-5,7-8,16,20H,2-3,6,9-14H2,1H3,(H,21,24)(H,22,23). The van der Waals surface area contributed by atoms with Crippen LogP contribution in [-0.2, 0) is 11.3 Å². The lowest BCUT2D eigenvalue weighted by molar-refractivity contribution is -0.121. The number of hydrogen-bond acceptors (Lipinski definition) is 3. The van der Waals surface area contributed by atoms with Crippen molar-refractivity contribution in [1.29, 1.82) is 0 Å². The highest BCUT2D eigenvalue weighted by atomic mass is 16.2. The van der Waals surface area contributed by atoms with E-state index in [-0.39, 0.29) is 11.8 Å². The number of carbonyl (C=O) groups is 2. The predicted octanol–water partition coefficient (Wildman–Crippen LogP) is 2.22. The summed E-state index contributed by atoms with van der Waals surface area (Å²) >= 11 is 0. The Morgan fingerprint density at radius 2 is 2.00 bits per heavy atom. The first-order valence-electron chi connectivity index (χ1n) is 9.03. The van der Waals surface area contributed by atoms with Gasteiger partial charge in [0.1, 0.15) is 0 Å². The van der Waals surface area contributed by atoms with E-state index in [4.69, 9.17) is 0 Å². The van der Waals surface area contributed by atoms with Gasteiger partial charge in [-0.1, -0.05) is 25.5 Å². The fourth-order valence-electron chi connectivity index (χ4n) is 2.84. The molecule has 24 heavy (non-hydrogen) atoms. The SMILES string of the molecule is CCCCNC(=O)c1ccc(CNC(=O)CCC2CCNC2)cc1. The topological polar surface area (TPSA) is 70.2 Å². The van der Waals surface area contributed by atoms with E-state index in [0.717, 1.165) is 37.9 Å². The third kappa shape index (κ3) is 6.32. The zero-order valence-electron chi connectivity index (χ0n) is 14.6. The van der Waals surface area contributed by atoms with Crippen molar-refractivity contribution >= 4 is 11.8 Å². The van der Waals surface area contributed by atoms with E-state index < -0.39 is 0 Å². The molecule has 1 aromatic rings. The molecule has 0 radical (unpaired) electrons. The summed E-state index contributed by atoms with van der Waals surface area (Å²) in [6.07, 6.45) is 4.78. The Morgan fingerprint density at radius 3 is 2.67 bits per heavy atom. The van der Waals surface area contributed by atoms with Gasteiger partial charge < -0.3 is 16.0 Å². The maximum absolute atomic E-state index is 11.9. The van der Waals surface area contributed by atoms with E-state index in [1.807, 2.05) is 24.3 Å². The minimum atomic E-state index is -0.0378. The van der Waals surface area contributed by atoms with Crippen molar-refractivity contribution in [3.63, 3.8) is 0 Å². The lowest BCUT2D eigenvalue weighted by Crippen LogP contribution is -2.25. The zero-order chi connectivity index (χ0) is 17.2. The van der Waals surface area contributed by atoms with Gasteiger partial charge in [0.2, 0.25) is 5.91 Å². The van der Waals surface area contributed by atoms with Crippen LogP contribution in [0.5, 0.6) is 0 Å². The Labute approximate surface area is 144 Å². The van der Waals surface area contributed by atoms with Crippen molar-refractivity contribution in [3.8, 4) is 0 Å². The molecule has 0 aliphatic carbocycles. The van der Waals surface area contributed by atoms with Crippen LogP contribution in [0.4, 0.5) is 0 Å². The Bertz CT molecular complexity index is 522. The Hall–Kier alpha value is -1.88. The molecule has 1 aromatic carbocycles. The molecule has 1 aliphatic heterocycles. The summed E-state index contributed by atoms with van der Waals surface area (Å²) in [4.78, 5) is 23.8. The monoisotopic (exact) mass is 331 g/mol. The van der Waals surface area contributed by atoms with Crippen molar-refractivity contribution in [2.75, 3.05) is 19.6 Å². The quantitative estimate of drug-likeness (QED) is 0.608. The summed E-state index contributed by atoms with van der Waals surface area (Å²) in [6.45, 7) is 5.43. The first-order valence-corrected chi connectivity index (χ1v) is 9.03. The highest BCUT2D eigenvalue weighted by Crippen LogP contribution is 2.14. The van der Waals surface area contributed by atoms with Gasteiger partial charge >= 0.3 is 0 Å². The summed E-state index contributed by atoms with van der Waals surface area (Å²) in [5, 5.41) is 9.17. The lowest BCUT2D eigenvalue weighted by atomic mass is 10.0. The van der Waals surface area contributed by atoms with E-state index in [1.54, 1.807) is 0 Å². The summed E-state index contributed by atoms with van der Waals surface area (Å²) in [5.41, 5.74) is 1.67. The van der Waals surface area contributed by atoms with E-state index in [9.17, 15) is 9.59 Å².